The van der Waals surface area contributed by atoms with Crippen molar-refractivity contribution in [2.45, 2.75) is 101 Å². The number of nitrogens with two attached hydrogens (primary N) is 11. The molecule has 0 radical (unpaired) electrons. The lowest BCUT2D eigenvalue weighted by atomic mass is 10.1. The first-order valence-electron chi connectivity index (χ1n) is 15.5. The summed E-state index contributed by atoms with van der Waals surface area (Å²) >= 11 is 0. The lowest BCUT2D eigenvalue weighted by molar-refractivity contribution is -0.139. The second-order valence-corrected chi connectivity index (χ2v) is 10.2. The number of halogens is 6. The van der Waals surface area contributed by atoms with Gasteiger partial charge >= 0.3 is 29.8 Å². The third-order valence-corrected chi connectivity index (χ3v) is 5.69. The number of unbranched alkanes of at least 4 members (excludes halogenated alkanes) is 2. The summed E-state index contributed by atoms with van der Waals surface area (Å²) in [5, 5.41) is 41.4. The number of carboxylic acid groups (broad SMARTS) is 5. The van der Waals surface area contributed by atoms with Crippen LogP contribution in [0.1, 0.15) is 70.6 Å². The van der Waals surface area contributed by atoms with E-state index < -0.39 is 60.1 Å². The van der Waals surface area contributed by atoms with Crippen LogP contribution >= 0.6 is 74.4 Å². The van der Waals surface area contributed by atoms with Gasteiger partial charge in [-0.2, -0.15) is 0 Å². The average molecular weight is 936 g/mol. The zero-order valence-corrected chi connectivity index (χ0v) is 35.6. The van der Waals surface area contributed by atoms with Crippen molar-refractivity contribution in [3.63, 3.8) is 0 Å². The van der Waals surface area contributed by atoms with Gasteiger partial charge in [-0.05, 0) is 84.0 Å². The third-order valence-electron chi connectivity index (χ3n) is 5.69. The number of rotatable bonds is 22. The number of carbonyl (C=O) groups is 5. The van der Waals surface area contributed by atoms with E-state index in [9.17, 15) is 24.0 Å². The minimum atomic E-state index is -1.00. The molecule has 28 heteroatoms. The van der Waals surface area contributed by atoms with Gasteiger partial charge in [-0.25, -0.2) is 0 Å². The Bertz CT molecular complexity index is 885. The number of hydrogen-bond donors (Lipinski definition) is 16. The number of aliphatic carboxylic acids is 5. The Labute approximate surface area is 360 Å². The molecule has 0 aliphatic heterocycles. The Morgan fingerprint density at radius 1 is 0.382 bits per heavy atom. The fourth-order valence-electron chi connectivity index (χ4n) is 2.67. The van der Waals surface area contributed by atoms with E-state index in [2.05, 4.69) is 4.99 Å². The molecule has 55 heavy (non-hydrogen) atoms. The Morgan fingerprint density at radius 2 is 0.618 bits per heavy atom. The molecule has 0 aromatic heterocycles. The van der Waals surface area contributed by atoms with Crippen LogP contribution in [0.3, 0.4) is 0 Å². The number of nitrogens with zero attached hydrogens (tertiary/aromatic N) is 1. The van der Waals surface area contributed by atoms with Gasteiger partial charge in [-0.15, -0.1) is 74.4 Å². The second kappa shape index (κ2) is 58.7. The van der Waals surface area contributed by atoms with Gasteiger partial charge in [-0.1, -0.05) is 12.8 Å². The highest BCUT2D eigenvalue weighted by molar-refractivity contribution is 5.86. The van der Waals surface area contributed by atoms with E-state index in [1.807, 2.05) is 0 Å². The quantitative estimate of drug-likeness (QED) is 0.0315. The number of aliphatic imine (C=N–C) groups is 1. The molecule has 22 nitrogen and oxygen atoms in total. The molecule has 0 bridgehead atoms. The van der Waals surface area contributed by atoms with Crippen LogP contribution in [0.25, 0.3) is 0 Å². The fraction of sp³-hybridized carbons (Fsp3) is 0.778. The first-order chi connectivity index (χ1) is 22.8. The molecule has 5 atom stereocenters. The van der Waals surface area contributed by atoms with Crippen molar-refractivity contribution in [2.24, 2.45) is 68.1 Å². The summed E-state index contributed by atoms with van der Waals surface area (Å²) in [6, 6.07) is -3.79. The Balaban J connectivity index is -0.0000000478. The molecule has 0 rings (SSSR count). The molecule has 340 valence electrons. The first kappa shape index (κ1) is 81.2. The number of hydrogen-bond acceptors (Lipinski definition) is 15. The summed E-state index contributed by atoms with van der Waals surface area (Å²) in [5.74, 6) is -4.80. The molecule has 0 heterocycles. The normalized spacial score (nSPS) is 11.4. The van der Waals surface area contributed by atoms with Crippen LogP contribution in [0.5, 0.6) is 0 Å². The monoisotopic (exact) mass is 932 g/mol. The van der Waals surface area contributed by atoms with Crippen LogP contribution in [0, 0.1) is 0 Å². The minimum Gasteiger partial charge on any atom is -0.480 e. The second-order valence-electron chi connectivity index (χ2n) is 10.2. The van der Waals surface area contributed by atoms with E-state index in [1.165, 1.54) is 0 Å². The molecular weight excluding hydrogens is 865 g/mol. The Kier molecular flexibility index (Phi) is 86.7. The van der Waals surface area contributed by atoms with Crippen molar-refractivity contribution in [3.05, 3.63) is 0 Å². The van der Waals surface area contributed by atoms with Crippen LogP contribution in [0.2, 0.25) is 0 Å². The summed E-state index contributed by atoms with van der Waals surface area (Å²) < 4.78 is 0. The van der Waals surface area contributed by atoms with Crippen molar-refractivity contribution < 1.29 is 49.5 Å². The maximum Gasteiger partial charge on any atom is 0.320 e. The van der Waals surface area contributed by atoms with Gasteiger partial charge in [0.15, 0.2) is 5.96 Å². The summed E-state index contributed by atoms with van der Waals surface area (Å²) in [7, 11) is 0. The Morgan fingerprint density at radius 3 is 0.818 bits per heavy atom. The van der Waals surface area contributed by atoms with Gasteiger partial charge in [0, 0.05) is 6.54 Å². The van der Waals surface area contributed by atoms with Crippen molar-refractivity contribution in [2.75, 3.05) is 32.7 Å². The molecule has 0 spiro atoms. The molecule has 0 aliphatic rings. The van der Waals surface area contributed by atoms with Crippen LogP contribution in [0.15, 0.2) is 4.99 Å². The lowest BCUT2D eigenvalue weighted by Gasteiger charge is -2.03. The summed E-state index contributed by atoms with van der Waals surface area (Å²) in [6.45, 7) is 2.45. The van der Waals surface area contributed by atoms with E-state index in [4.69, 9.17) is 88.6 Å². The van der Waals surface area contributed by atoms with Gasteiger partial charge in [0.05, 0.1) is 0 Å². The van der Waals surface area contributed by atoms with E-state index >= 15 is 0 Å². The maximum absolute atomic E-state index is 10.2. The van der Waals surface area contributed by atoms with Gasteiger partial charge in [0.2, 0.25) is 0 Å². The number of guanidine groups is 1. The summed E-state index contributed by atoms with van der Waals surface area (Å²) in [4.78, 5) is 54.1. The summed E-state index contributed by atoms with van der Waals surface area (Å²) in [6.07, 6.45) is 6.76. The molecule has 0 saturated heterocycles. The topological polar surface area (TPSA) is 485 Å². The van der Waals surface area contributed by atoms with E-state index in [1.54, 1.807) is 0 Å². The third kappa shape index (κ3) is 73.7. The molecule has 0 fully saturated rings. The number of carboxylic acids is 5. The highest BCUT2D eigenvalue weighted by atomic mass is 35.5. The smallest absolute Gasteiger partial charge is 0.320 e. The summed E-state index contributed by atoms with van der Waals surface area (Å²) in [5.41, 5.74) is 56.5. The van der Waals surface area contributed by atoms with Crippen molar-refractivity contribution in [1.82, 2.24) is 0 Å². The molecule has 0 saturated carbocycles. The van der Waals surface area contributed by atoms with Gasteiger partial charge in [0.25, 0.3) is 0 Å². The molecule has 1 unspecified atom stereocenters. The molecule has 27 N–H and O–H groups in total. The van der Waals surface area contributed by atoms with Crippen LogP contribution < -0.4 is 63.1 Å². The van der Waals surface area contributed by atoms with Crippen LogP contribution in [0.4, 0.5) is 0 Å². The molecule has 0 aliphatic carbocycles. The maximum atomic E-state index is 10.2. The van der Waals surface area contributed by atoms with E-state index in [-0.39, 0.29) is 80.4 Å². The van der Waals surface area contributed by atoms with Crippen LogP contribution in [-0.4, -0.2) is 124 Å². The zero-order chi connectivity index (χ0) is 39.4. The van der Waals surface area contributed by atoms with Crippen molar-refractivity contribution in [3.8, 4) is 0 Å². The molecule has 0 aromatic rings. The fourth-order valence-corrected chi connectivity index (χ4v) is 2.67. The van der Waals surface area contributed by atoms with E-state index in [0.29, 0.717) is 77.7 Å². The average Bonchev–Trinajstić information content (AvgIpc) is 3.02. The molecule has 0 amide bonds. The van der Waals surface area contributed by atoms with Crippen molar-refractivity contribution in [1.29, 1.82) is 0 Å². The molecule has 0 aromatic carbocycles. The predicted octanol–water partition coefficient (Wildman–Crippen LogP) is -2.08. The van der Waals surface area contributed by atoms with Gasteiger partial charge in [0.1, 0.15) is 30.2 Å². The zero-order valence-electron chi connectivity index (χ0n) is 30.7. The van der Waals surface area contributed by atoms with Crippen LogP contribution in [-0.2, 0) is 24.0 Å². The van der Waals surface area contributed by atoms with Crippen molar-refractivity contribution >= 4 is 110 Å². The Hall–Kier alpha value is -2.00. The SMILES string of the molecule is Cl.Cl.Cl.Cl.Cl.Cl.NC(N)=NCCC[C@H](N)C(=O)O.NCCCCC(N)C(=O)O.NCCCC[C@H](N)C(=O)O.NCCC[C@H](N)C(=O)O.NCC[C@H](N)C(=O)O. The predicted molar refractivity (Wildman–Crippen MR) is 229 cm³/mol. The highest BCUT2D eigenvalue weighted by Gasteiger charge is 2.11. The highest BCUT2D eigenvalue weighted by Crippen LogP contribution is 1.98. The standard InChI is InChI=1S/C6H14N4O2.2C6H14N2O2.C5H12N2O2.C4H10N2O2.6ClH/c7-4(5(11)12)2-1-3-10-6(8)9;2*7-4-2-1-3-5(8)6(9)10;6-3-1-2-4(7)5(8)9;5-2-1-3(6)4(7)8;;;;;;/h4H,1-3,7H2,(H,11,12)(H4,8,9,10);2*5H,1-4,7-8H2,(H,9,10);4H,1-3,6-7H2,(H,8,9);3H,1-2,5-6H2,(H,7,8);6*1H/t4-;5-;;4-;3-;;;;;;/m00.00....../s1. The first-order valence-corrected chi connectivity index (χ1v) is 15.5. The largest absolute Gasteiger partial charge is 0.480 e. The minimum absolute atomic E-state index is 0. The lowest BCUT2D eigenvalue weighted by Crippen LogP contribution is -2.32. The van der Waals surface area contributed by atoms with Gasteiger partial charge < -0.3 is 88.6 Å². The van der Waals surface area contributed by atoms with Gasteiger partial charge in [-0.3, -0.25) is 29.0 Å². The van der Waals surface area contributed by atoms with E-state index in [0.717, 1.165) is 25.7 Å². The molecular formula is C27H70Cl6N12O10.